The summed E-state index contributed by atoms with van der Waals surface area (Å²) in [6.45, 7) is 32.3. The summed E-state index contributed by atoms with van der Waals surface area (Å²) in [5.74, 6) is 5.53. The summed E-state index contributed by atoms with van der Waals surface area (Å²) in [5.41, 5.74) is 3.02. The summed E-state index contributed by atoms with van der Waals surface area (Å²) in [5, 5.41) is 0. The van der Waals surface area contributed by atoms with E-state index in [0.717, 1.165) is 35.5 Å². The largest absolute Gasteiger partial charge is 0.100 e. The summed E-state index contributed by atoms with van der Waals surface area (Å²) in [6, 6.07) is 0. The highest BCUT2D eigenvalue weighted by Gasteiger charge is 2.30. The molecule has 0 aliphatic heterocycles. The van der Waals surface area contributed by atoms with Gasteiger partial charge >= 0.3 is 0 Å². The lowest BCUT2D eigenvalue weighted by molar-refractivity contribution is 0.184. The van der Waals surface area contributed by atoms with Crippen LogP contribution in [0.3, 0.4) is 0 Å². The van der Waals surface area contributed by atoms with E-state index in [2.05, 4.69) is 47.3 Å². The lowest BCUT2D eigenvalue weighted by atomic mass is 9.72. The Labute approximate surface area is 233 Å². The molecule has 1 fully saturated rings. The average molecular weight is 509 g/mol. The van der Waals surface area contributed by atoms with E-state index in [9.17, 15) is 0 Å². The molecule has 1 saturated carbocycles. The number of hydrogen-bond donors (Lipinski definition) is 0. The molecule has 0 heteroatoms. The van der Waals surface area contributed by atoms with E-state index in [1.807, 2.05) is 55.4 Å². The van der Waals surface area contributed by atoms with Crippen LogP contribution in [-0.4, -0.2) is 0 Å². The zero-order chi connectivity index (χ0) is 27.8. The third-order valence-corrected chi connectivity index (χ3v) is 7.98. The summed E-state index contributed by atoms with van der Waals surface area (Å²) in [7, 11) is 0. The molecule has 0 heterocycles. The van der Waals surface area contributed by atoms with Crippen molar-refractivity contribution in [3.63, 3.8) is 0 Å². The lowest BCUT2D eigenvalue weighted by Gasteiger charge is -2.33. The monoisotopic (exact) mass is 509 g/mol. The van der Waals surface area contributed by atoms with E-state index < -0.39 is 0 Å². The zero-order valence-electron chi connectivity index (χ0n) is 27.2. The van der Waals surface area contributed by atoms with Crippen molar-refractivity contribution in [2.45, 2.75) is 174 Å². The molecule has 0 aromatic heterocycles. The van der Waals surface area contributed by atoms with Crippen molar-refractivity contribution in [1.29, 1.82) is 0 Å². The van der Waals surface area contributed by atoms with Crippen LogP contribution in [0.5, 0.6) is 0 Å². The quantitative estimate of drug-likeness (QED) is 0.331. The SMILES string of the molecule is C.C=C(C)CCCC1CCCC2C/C=C(\C)CC(C)CCC(C)C2CCC1C.CC.CC.CC.CC. The van der Waals surface area contributed by atoms with Gasteiger partial charge in [0.05, 0.1) is 0 Å². The van der Waals surface area contributed by atoms with Crippen LogP contribution < -0.4 is 0 Å². The van der Waals surface area contributed by atoms with Crippen molar-refractivity contribution >= 4 is 0 Å². The molecule has 36 heavy (non-hydrogen) atoms. The molecule has 0 bridgehead atoms. The summed E-state index contributed by atoms with van der Waals surface area (Å²) >= 11 is 0. The molecule has 0 aromatic carbocycles. The Hall–Kier alpha value is -0.520. The Morgan fingerprint density at radius 1 is 0.806 bits per heavy atom. The molecule has 0 N–H and O–H groups in total. The fourth-order valence-corrected chi connectivity index (χ4v) is 6.05. The van der Waals surface area contributed by atoms with Crippen molar-refractivity contribution in [2.75, 3.05) is 0 Å². The Bertz CT molecular complexity index is 470. The van der Waals surface area contributed by atoms with Crippen LogP contribution in [0.1, 0.15) is 174 Å². The molecule has 6 unspecified atom stereocenters. The molecule has 0 nitrogen and oxygen atoms in total. The van der Waals surface area contributed by atoms with Crippen molar-refractivity contribution < 1.29 is 0 Å². The summed E-state index contributed by atoms with van der Waals surface area (Å²) in [6.07, 6.45) is 19.5. The van der Waals surface area contributed by atoms with Crippen molar-refractivity contribution in [2.24, 2.45) is 35.5 Å². The minimum atomic E-state index is 0. The average Bonchev–Trinajstić information content (AvgIpc) is 2.95. The van der Waals surface area contributed by atoms with Gasteiger partial charge in [-0.15, -0.1) is 6.58 Å². The van der Waals surface area contributed by atoms with Crippen LogP contribution in [0.4, 0.5) is 0 Å². The van der Waals surface area contributed by atoms with Gasteiger partial charge in [0.2, 0.25) is 0 Å². The van der Waals surface area contributed by atoms with Crippen LogP contribution in [0, 0.1) is 35.5 Å². The van der Waals surface area contributed by atoms with Gasteiger partial charge < -0.3 is 0 Å². The fraction of sp³-hybridized carbons (Fsp3) is 0.889. The van der Waals surface area contributed by atoms with Crippen LogP contribution in [0.25, 0.3) is 0 Å². The Balaban J connectivity index is -0.000000517. The maximum atomic E-state index is 4.10. The van der Waals surface area contributed by atoms with Crippen LogP contribution in [0.2, 0.25) is 0 Å². The third kappa shape index (κ3) is 19.6. The molecule has 0 spiro atoms. The van der Waals surface area contributed by atoms with Crippen LogP contribution >= 0.6 is 0 Å². The van der Waals surface area contributed by atoms with Crippen LogP contribution in [-0.2, 0) is 0 Å². The van der Waals surface area contributed by atoms with Gasteiger partial charge in [-0.1, -0.05) is 133 Å². The molecule has 2 aliphatic rings. The second-order valence-corrected chi connectivity index (χ2v) is 10.7. The minimum Gasteiger partial charge on any atom is -0.100 e. The normalized spacial score (nSPS) is 29.5. The van der Waals surface area contributed by atoms with Crippen molar-refractivity contribution in [3.8, 4) is 0 Å². The molecule has 220 valence electrons. The maximum Gasteiger partial charge on any atom is -0.0297 e. The molecule has 0 aromatic rings. The van der Waals surface area contributed by atoms with Gasteiger partial charge in [-0.3, -0.25) is 0 Å². The molecule has 0 saturated heterocycles. The van der Waals surface area contributed by atoms with E-state index in [1.165, 1.54) is 82.6 Å². The van der Waals surface area contributed by atoms with Crippen molar-refractivity contribution in [1.82, 2.24) is 0 Å². The van der Waals surface area contributed by atoms with E-state index in [0.29, 0.717) is 0 Å². The molecule has 2 aliphatic carbocycles. The predicted octanol–water partition coefficient (Wildman–Crippen LogP) is 13.7. The lowest BCUT2D eigenvalue weighted by Crippen LogP contribution is -2.23. The minimum absolute atomic E-state index is 0. The molecular formula is C36H76. The van der Waals surface area contributed by atoms with E-state index in [4.69, 9.17) is 0 Å². The first kappa shape index (κ1) is 42.6. The van der Waals surface area contributed by atoms with E-state index in [-0.39, 0.29) is 7.43 Å². The number of hydrogen-bond acceptors (Lipinski definition) is 0. The van der Waals surface area contributed by atoms with Gasteiger partial charge in [0.1, 0.15) is 0 Å². The first-order chi connectivity index (χ1) is 16.9. The Morgan fingerprint density at radius 2 is 1.36 bits per heavy atom. The number of fused-ring (bicyclic) bond motifs is 1. The standard InChI is InChI=1S/C27H48.4C2H6.CH4/c1-20(2)9-7-10-25-11-8-12-26-17-14-22(4)19-21(3)13-15-24(6)27(26)18-16-23(25)5;4*1-2;/h14,21,23-27H,1,7-13,15-19H2,2-6H3;4*1-2H3;1H4/b22-14+;;;;;. The molecule has 6 atom stereocenters. The molecular weight excluding hydrogens is 432 g/mol. The second-order valence-electron chi connectivity index (χ2n) is 10.7. The highest BCUT2D eigenvalue weighted by molar-refractivity contribution is 5.01. The van der Waals surface area contributed by atoms with Gasteiger partial charge in [0.15, 0.2) is 0 Å². The van der Waals surface area contributed by atoms with Crippen LogP contribution in [0.15, 0.2) is 23.8 Å². The zero-order valence-corrected chi connectivity index (χ0v) is 27.2. The topological polar surface area (TPSA) is 0 Å². The van der Waals surface area contributed by atoms with E-state index >= 15 is 0 Å². The first-order valence-electron chi connectivity index (χ1n) is 16.2. The number of allylic oxidation sites excluding steroid dienone is 3. The van der Waals surface area contributed by atoms with E-state index in [1.54, 1.807) is 5.57 Å². The molecule has 0 radical (unpaired) electrons. The third-order valence-electron chi connectivity index (χ3n) is 7.98. The van der Waals surface area contributed by atoms with Gasteiger partial charge in [-0.05, 0) is 94.3 Å². The summed E-state index contributed by atoms with van der Waals surface area (Å²) < 4.78 is 0. The van der Waals surface area contributed by atoms with Gasteiger partial charge in [-0.25, -0.2) is 0 Å². The second kappa shape index (κ2) is 29.0. The fourth-order valence-electron chi connectivity index (χ4n) is 6.05. The van der Waals surface area contributed by atoms with Gasteiger partial charge in [0.25, 0.3) is 0 Å². The Kier molecular flexibility index (Phi) is 34.3. The smallest absolute Gasteiger partial charge is 0.0297 e. The Morgan fingerprint density at radius 3 is 1.92 bits per heavy atom. The van der Waals surface area contributed by atoms with Crippen molar-refractivity contribution in [3.05, 3.63) is 23.8 Å². The van der Waals surface area contributed by atoms with Gasteiger partial charge in [0, 0.05) is 0 Å². The highest BCUT2D eigenvalue weighted by atomic mass is 14.4. The predicted molar refractivity (Wildman–Crippen MR) is 174 cm³/mol. The molecule has 2 rings (SSSR count). The summed E-state index contributed by atoms with van der Waals surface area (Å²) in [4.78, 5) is 0. The first-order valence-corrected chi connectivity index (χ1v) is 16.2. The number of rotatable bonds is 4. The highest BCUT2D eigenvalue weighted by Crippen LogP contribution is 2.41. The molecule has 0 amide bonds. The van der Waals surface area contributed by atoms with Gasteiger partial charge in [-0.2, -0.15) is 0 Å². The maximum absolute atomic E-state index is 4.10.